The van der Waals surface area contributed by atoms with Crippen LogP contribution in [0.3, 0.4) is 0 Å². The van der Waals surface area contributed by atoms with Crippen molar-refractivity contribution < 1.29 is 4.52 Å². The van der Waals surface area contributed by atoms with E-state index in [-0.39, 0.29) is 12.0 Å². The molecule has 0 amide bonds. The average Bonchev–Trinajstić information content (AvgIpc) is 2.67. The van der Waals surface area contributed by atoms with Gasteiger partial charge in [-0.15, -0.1) is 0 Å². The Balaban J connectivity index is 2.13. The fraction of sp³-hybridized carbons (Fsp3) is 0.818. The van der Waals surface area contributed by atoms with E-state index in [1.807, 2.05) is 0 Å². The number of nitrogens with zero attached hydrogens (tertiary/aromatic N) is 2. The average molecular weight is 209 g/mol. The highest BCUT2D eigenvalue weighted by molar-refractivity contribution is 5.02. The van der Waals surface area contributed by atoms with Crippen LogP contribution in [0.25, 0.3) is 0 Å². The highest BCUT2D eigenvalue weighted by Crippen LogP contribution is 2.31. The van der Waals surface area contributed by atoms with Crippen molar-refractivity contribution in [1.82, 2.24) is 10.1 Å². The van der Waals surface area contributed by atoms with Crippen LogP contribution in [0.1, 0.15) is 63.1 Å². The molecule has 0 spiro atoms. The lowest BCUT2D eigenvalue weighted by Gasteiger charge is -2.25. The standard InChI is InChI=1S/C11H19N3O/c1-7(2)10-13-11(15-14-10)8-5-3-4-6-9(8)12/h7-9H,3-6,12H2,1-2H3. The Morgan fingerprint density at radius 2 is 2.07 bits per heavy atom. The summed E-state index contributed by atoms with van der Waals surface area (Å²) in [5.74, 6) is 2.13. The Hall–Kier alpha value is -0.900. The van der Waals surface area contributed by atoms with Crippen molar-refractivity contribution >= 4 is 0 Å². The van der Waals surface area contributed by atoms with Crippen molar-refractivity contribution in [3.8, 4) is 0 Å². The van der Waals surface area contributed by atoms with Gasteiger partial charge in [0.1, 0.15) is 0 Å². The molecular formula is C11H19N3O. The molecule has 1 saturated carbocycles. The SMILES string of the molecule is CC(C)c1noc(C2CCCCC2N)n1. The third-order valence-electron chi connectivity index (χ3n) is 3.11. The summed E-state index contributed by atoms with van der Waals surface area (Å²) in [5.41, 5.74) is 6.07. The summed E-state index contributed by atoms with van der Waals surface area (Å²) >= 11 is 0. The molecule has 1 aromatic rings. The zero-order valence-electron chi connectivity index (χ0n) is 9.44. The third-order valence-corrected chi connectivity index (χ3v) is 3.11. The van der Waals surface area contributed by atoms with Gasteiger partial charge >= 0.3 is 0 Å². The molecule has 2 N–H and O–H groups in total. The van der Waals surface area contributed by atoms with Gasteiger partial charge in [-0.05, 0) is 12.8 Å². The van der Waals surface area contributed by atoms with Gasteiger partial charge < -0.3 is 10.3 Å². The van der Waals surface area contributed by atoms with E-state index in [0.717, 1.165) is 24.6 Å². The topological polar surface area (TPSA) is 64.9 Å². The van der Waals surface area contributed by atoms with E-state index >= 15 is 0 Å². The molecule has 0 saturated heterocycles. The minimum atomic E-state index is 0.194. The Morgan fingerprint density at radius 3 is 2.67 bits per heavy atom. The molecule has 0 radical (unpaired) electrons. The second-order valence-corrected chi connectivity index (χ2v) is 4.70. The zero-order valence-corrected chi connectivity index (χ0v) is 9.44. The van der Waals surface area contributed by atoms with Gasteiger partial charge in [0.25, 0.3) is 0 Å². The van der Waals surface area contributed by atoms with Crippen molar-refractivity contribution in [2.75, 3.05) is 0 Å². The fourth-order valence-corrected chi connectivity index (χ4v) is 2.10. The number of nitrogens with two attached hydrogens (primary N) is 1. The molecule has 1 aliphatic carbocycles. The summed E-state index contributed by atoms with van der Waals surface area (Å²) in [7, 11) is 0. The molecule has 1 aliphatic rings. The molecule has 0 aromatic carbocycles. The van der Waals surface area contributed by atoms with E-state index in [0.29, 0.717) is 5.92 Å². The van der Waals surface area contributed by atoms with Crippen LogP contribution in [0.15, 0.2) is 4.52 Å². The fourth-order valence-electron chi connectivity index (χ4n) is 2.10. The van der Waals surface area contributed by atoms with Gasteiger partial charge in [0.15, 0.2) is 5.82 Å². The highest BCUT2D eigenvalue weighted by Gasteiger charge is 2.28. The molecule has 15 heavy (non-hydrogen) atoms. The summed E-state index contributed by atoms with van der Waals surface area (Å²) in [6, 6.07) is 0.194. The van der Waals surface area contributed by atoms with Gasteiger partial charge in [0, 0.05) is 12.0 Å². The van der Waals surface area contributed by atoms with E-state index < -0.39 is 0 Å². The minimum absolute atomic E-state index is 0.194. The molecule has 1 heterocycles. The minimum Gasteiger partial charge on any atom is -0.339 e. The normalized spacial score (nSPS) is 27.2. The second-order valence-electron chi connectivity index (χ2n) is 4.70. The summed E-state index contributed by atoms with van der Waals surface area (Å²) in [5, 5.41) is 3.98. The molecule has 4 nitrogen and oxygen atoms in total. The largest absolute Gasteiger partial charge is 0.339 e. The molecular weight excluding hydrogens is 190 g/mol. The van der Waals surface area contributed by atoms with Gasteiger partial charge in [0.05, 0.1) is 5.92 Å². The number of rotatable bonds is 2. The lowest BCUT2D eigenvalue weighted by Crippen LogP contribution is -2.31. The van der Waals surface area contributed by atoms with Crippen LogP contribution >= 0.6 is 0 Å². The molecule has 2 rings (SSSR count). The number of hydrogen-bond acceptors (Lipinski definition) is 4. The van der Waals surface area contributed by atoms with Crippen molar-refractivity contribution in [3.63, 3.8) is 0 Å². The zero-order chi connectivity index (χ0) is 10.8. The van der Waals surface area contributed by atoms with Crippen molar-refractivity contribution in [3.05, 3.63) is 11.7 Å². The van der Waals surface area contributed by atoms with E-state index in [2.05, 4.69) is 24.0 Å². The van der Waals surface area contributed by atoms with Crippen LogP contribution in [0.2, 0.25) is 0 Å². The smallest absolute Gasteiger partial charge is 0.231 e. The number of aromatic nitrogens is 2. The van der Waals surface area contributed by atoms with Crippen molar-refractivity contribution in [2.45, 2.75) is 57.4 Å². The van der Waals surface area contributed by atoms with Gasteiger partial charge in [-0.3, -0.25) is 0 Å². The van der Waals surface area contributed by atoms with Gasteiger partial charge in [0.2, 0.25) is 5.89 Å². The molecule has 1 aromatic heterocycles. The third kappa shape index (κ3) is 2.20. The Morgan fingerprint density at radius 1 is 1.33 bits per heavy atom. The number of hydrogen-bond donors (Lipinski definition) is 1. The summed E-state index contributed by atoms with van der Waals surface area (Å²) < 4.78 is 5.29. The van der Waals surface area contributed by atoms with E-state index in [1.54, 1.807) is 0 Å². The predicted molar refractivity (Wildman–Crippen MR) is 57.6 cm³/mol. The first-order valence-electron chi connectivity index (χ1n) is 5.77. The van der Waals surface area contributed by atoms with Crippen LogP contribution in [0.4, 0.5) is 0 Å². The first-order valence-corrected chi connectivity index (χ1v) is 5.77. The Bertz CT molecular complexity index is 321. The monoisotopic (exact) mass is 209 g/mol. The van der Waals surface area contributed by atoms with E-state index in [1.165, 1.54) is 12.8 Å². The van der Waals surface area contributed by atoms with E-state index in [4.69, 9.17) is 10.3 Å². The second kappa shape index (κ2) is 4.31. The van der Waals surface area contributed by atoms with Crippen LogP contribution < -0.4 is 5.73 Å². The maximum absolute atomic E-state index is 6.07. The van der Waals surface area contributed by atoms with Crippen LogP contribution in [-0.2, 0) is 0 Å². The maximum Gasteiger partial charge on any atom is 0.231 e. The molecule has 0 aliphatic heterocycles. The van der Waals surface area contributed by atoms with Crippen molar-refractivity contribution in [1.29, 1.82) is 0 Å². The molecule has 2 atom stereocenters. The first-order chi connectivity index (χ1) is 7.18. The molecule has 4 heteroatoms. The van der Waals surface area contributed by atoms with Gasteiger partial charge in [-0.2, -0.15) is 4.98 Å². The molecule has 1 fully saturated rings. The summed E-state index contributed by atoms with van der Waals surface area (Å²) in [6.07, 6.45) is 4.60. The molecule has 84 valence electrons. The highest BCUT2D eigenvalue weighted by atomic mass is 16.5. The lowest BCUT2D eigenvalue weighted by atomic mass is 9.85. The van der Waals surface area contributed by atoms with Crippen LogP contribution in [-0.4, -0.2) is 16.2 Å². The first kappa shape index (κ1) is 10.6. The Labute approximate surface area is 90.2 Å². The van der Waals surface area contributed by atoms with Crippen LogP contribution in [0, 0.1) is 0 Å². The lowest BCUT2D eigenvalue weighted by molar-refractivity contribution is 0.289. The quantitative estimate of drug-likeness (QED) is 0.810. The molecule has 2 unspecified atom stereocenters. The summed E-state index contributed by atoms with van der Waals surface area (Å²) in [4.78, 5) is 4.43. The Kier molecular flexibility index (Phi) is 3.05. The van der Waals surface area contributed by atoms with E-state index in [9.17, 15) is 0 Å². The van der Waals surface area contributed by atoms with Gasteiger partial charge in [-0.1, -0.05) is 31.8 Å². The van der Waals surface area contributed by atoms with Gasteiger partial charge in [-0.25, -0.2) is 0 Å². The van der Waals surface area contributed by atoms with Crippen molar-refractivity contribution in [2.24, 2.45) is 5.73 Å². The summed E-state index contributed by atoms with van der Waals surface area (Å²) in [6.45, 7) is 4.13. The molecule has 0 bridgehead atoms. The predicted octanol–water partition coefficient (Wildman–Crippen LogP) is 2.18. The maximum atomic E-state index is 6.07. The van der Waals surface area contributed by atoms with Crippen LogP contribution in [0.5, 0.6) is 0 Å².